The number of nitrogens with two attached hydrogens (primary N) is 1. The summed E-state index contributed by atoms with van der Waals surface area (Å²) in [6.45, 7) is 3.43. The Morgan fingerprint density at radius 1 is 1.38 bits per heavy atom. The van der Waals surface area contributed by atoms with Crippen LogP contribution in [0.25, 0.3) is 0 Å². The molecule has 2 rings (SSSR count). The lowest BCUT2D eigenvalue weighted by molar-refractivity contribution is 0.416. The first-order valence-electron chi connectivity index (χ1n) is 7.25. The first kappa shape index (κ1) is 16.4. The molecular weight excluding hydrogens is 304 g/mol. The van der Waals surface area contributed by atoms with Crippen LogP contribution in [0.1, 0.15) is 37.3 Å². The van der Waals surface area contributed by atoms with Crippen molar-refractivity contribution in [2.45, 2.75) is 31.9 Å². The van der Waals surface area contributed by atoms with Gasteiger partial charge in [-0.25, -0.2) is 12.7 Å². The van der Waals surface area contributed by atoms with Crippen LogP contribution in [0.2, 0.25) is 0 Å². The Hall–Kier alpha value is -0.980. The number of sulfonamides is 1. The summed E-state index contributed by atoms with van der Waals surface area (Å²) >= 11 is 4.94. The first-order valence-corrected chi connectivity index (χ1v) is 9.27. The Bertz CT molecular complexity index is 614. The van der Waals surface area contributed by atoms with Crippen LogP contribution < -0.4 is 5.73 Å². The van der Waals surface area contributed by atoms with E-state index >= 15 is 0 Å². The average Bonchev–Trinajstić information content (AvgIpc) is 2.64. The zero-order valence-corrected chi connectivity index (χ0v) is 13.9. The summed E-state index contributed by atoms with van der Waals surface area (Å²) in [5.74, 6) is 0.612. The summed E-state index contributed by atoms with van der Waals surface area (Å²) in [6, 6.07) is 7.16. The molecular formula is C15H22N2O2S2. The predicted molar refractivity (Wildman–Crippen MR) is 89.5 cm³/mol. The minimum absolute atomic E-state index is 0.0117. The van der Waals surface area contributed by atoms with Gasteiger partial charge < -0.3 is 5.73 Å². The zero-order chi connectivity index (χ0) is 15.5. The molecule has 1 aliphatic heterocycles. The minimum Gasteiger partial charge on any atom is -0.389 e. The van der Waals surface area contributed by atoms with Crippen LogP contribution in [0.5, 0.6) is 0 Å². The van der Waals surface area contributed by atoms with Crippen LogP contribution in [-0.2, 0) is 15.8 Å². The molecule has 0 aromatic heterocycles. The number of rotatable bonds is 4. The quantitative estimate of drug-likeness (QED) is 0.862. The summed E-state index contributed by atoms with van der Waals surface area (Å²) < 4.78 is 26.7. The van der Waals surface area contributed by atoms with E-state index in [1.165, 1.54) is 0 Å². The topological polar surface area (TPSA) is 63.4 Å². The average molecular weight is 326 g/mol. The molecule has 1 unspecified atom stereocenters. The molecule has 2 N–H and O–H groups in total. The van der Waals surface area contributed by atoms with Crippen LogP contribution in [0.15, 0.2) is 24.3 Å². The van der Waals surface area contributed by atoms with Gasteiger partial charge in [-0.1, -0.05) is 37.3 Å². The van der Waals surface area contributed by atoms with E-state index in [4.69, 9.17) is 18.0 Å². The highest BCUT2D eigenvalue weighted by Crippen LogP contribution is 2.21. The monoisotopic (exact) mass is 326 g/mol. The number of hydrogen-bond acceptors (Lipinski definition) is 3. The van der Waals surface area contributed by atoms with E-state index in [1.54, 1.807) is 28.6 Å². The van der Waals surface area contributed by atoms with Crippen molar-refractivity contribution in [3.05, 3.63) is 35.4 Å². The second kappa shape index (κ2) is 6.85. The molecule has 0 spiro atoms. The summed E-state index contributed by atoms with van der Waals surface area (Å²) in [6.07, 6.45) is 2.97. The molecule has 0 amide bonds. The Morgan fingerprint density at radius 3 is 2.86 bits per heavy atom. The maximum atomic E-state index is 12.6. The Morgan fingerprint density at radius 2 is 2.14 bits per heavy atom. The zero-order valence-electron chi connectivity index (χ0n) is 12.3. The standard InChI is InChI=1S/C15H22N2O2S2/c1-12-4-3-8-17(9-7-12)21(18,19)11-13-5-2-6-14(10-13)15(16)20/h2,5-6,10,12H,3-4,7-9,11H2,1H3,(H2,16,20). The van der Waals surface area contributed by atoms with Gasteiger partial charge in [0.15, 0.2) is 0 Å². The molecule has 6 heteroatoms. The van der Waals surface area contributed by atoms with E-state index in [0.717, 1.165) is 24.8 Å². The van der Waals surface area contributed by atoms with Gasteiger partial charge in [0.2, 0.25) is 10.0 Å². The van der Waals surface area contributed by atoms with Crippen molar-refractivity contribution in [3.63, 3.8) is 0 Å². The summed E-state index contributed by atoms with van der Waals surface area (Å²) in [5.41, 5.74) is 7.04. The van der Waals surface area contributed by atoms with Crippen LogP contribution in [0, 0.1) is 5.92 Å². The molecule has 1 heterocycles. The Labute approximate surface area is 132 Å². The van der Waals surface area contributed by atoms with E-state index in [0.29, 0.717) is 24.6 Å². The maximum absolute atomic E-state index is 12.6. The smallest absolute Gasteiger partial charge is 0.218 e. The third-order valence-electron chi connectivity index (χ3n) is 3.93. The number of thiocarbonyl (C=S) groups is 1. The molecule has 0 radical (unpaired) electrons. The van der Waals surface area contributed by atoms with Crippen molar-refractivity contribution in [1.29, 1.82) is 0 Å². The molecule has 0 bridgehead atoms. The van der Waals surface area contributed by atoms with E-state index < -0.39 is 10.0 Å². The van der Waals surface area contributed by atoms with Gasteiger partial charge >= 0.3 is 0 Å². The van der Waals surface area contributed by atoms with Crippen molar-refractivity contribution in [1.82, 2.24) is 4.31 Å². The highest BCUT2D eigenvalue weighted by atomic mass is 32.2. The van der Waals surface area contributed by atoms with Crippen molar-refractivity contribution in [2.75, 3.05) is 13.1 Å². The molecule has 4 nitrogen and oxygen atoms in total. The van der Waals surface area contributed by atoms with Gasteiger partial charge in [0.1, 0.15) is 4.99 Å². The molecule has 116 valence electrons. The SMILES string of the molecule is CC1CCCN(S(=O)(=O)Cc2cccc(C(N)=S)c2)CC1. The fourth-order valence-corrected chi connectivity index (χ4v) is 4.33. The molecule has 1 fully saturated rings. The van der Waals surface area contributed by atoms with Crippen molar-refractivity contribution >= 4 is 27.2 Å². The fourth-order valence-electron chi connectivity index (χ4n) is 2.63. The first-order chi connectivity index (χ1) is 9.88. The van der Waals surface area contributed by atoms with Crippen molar-refractivity contribution in [3.8, 4) is 0 Å². The molecule has 1 aromatic rings. The van der Waals surface area contributed by atoms with Crippen LogP contribution in [0.4, 0.5) is 0 Å². The van der Waals surface area contributed by atoms with Gasteiger partial charge in [-0.05, 0) is 36.8 Å². The van der Waals surface area contributed by atoms with Crippen molar-refractivity contribution in [2.24, 2.45) is 11.7 Å². The van der Waals surface area contributed by atoms with Gasteiger partial charge in [-0.2, -0.15) is 0 Å². The Balaban J connectivity index is 2.13. The number of benzene rings is 1. The van der Waals surface area contributed by atoms with Gasteiger partial charge in [0.25, 0.3) is 0 Å². The summed E-state index contributed by atoms with van der Waals surface area (Å²) in [7, 11) is -3.28. The van der Waals surface area contributed by atoms with Crippen molar-refractivity contribution < 1.29 is 8.42 Å². The van der Waals surface area contributed by atoms with Gasteiger partial charge in [-0.15, -0.1) is 0 Å². The lowest BCUT2D eigenvalue weighted by Gasteiger charge is -2.20. The van der Waals surface area contributed by atoms with E-state index in [1.807, 2.05) is 0 Å². The third kappa shape index (κ3) is 4.49. The predicted octanol–water partition coefficient (Wildman–Crippen LogP) is 2.27. The largest absolute Gasteiger partial charge is 0.389 e. The minimum atomic E-state index is -3.28. The molecule has 1 atom stereocenters. The normalized spacial score (nSPS) is 20.9. The van der Waals surface area contributed by atoms with Gasteiger partial charge in [0.05, 0.1) is 5.75 Å². The van der Waals surface area contributed by atoms with Gasteiger partial charge in [-0.3, -0.25) is 0 Å². The summed E-state index contributed by atoms with van der Waals surface area (Å²) in [5, 5.41) is 0. The molecule has 1 saturated heterocycles. The lowest BCUT2D eigenvalue weighted by Crippen LogP contribution is -2.33. The maximum Gasteiger partial charge on any atom is 0.218 e. The molecule has 21 heavy (non-hydrogen) atoms. The van der Waals surface area contributed by atoms with E-state index in [-0.39, 0.29) is 10.7 Å². The Kier molecular flexibility index (Phi) is 5.35. The van der Waals surface area contributed by atoms with Crippen LogP contribution in [0.3, 0.4) is 0 Å². The van der Waals surface area contributed by atoms with Crippen LogP contribution >= 0.6 is 12.2 Å². The molecule has 1 aliphatic rings. The second-order valence-electron chi connectivity index (χ2n) is 5.76. The fraction of sp³-hybridized carbons (Fsp3) is 0.533. The molecule has 0 aliphatic carbocycles. The number of nitrogens with zero attached hydrogens (tertiary/aromatic N) is 1. The lowest BCUT2D eigenvalue weighted by atomic mass is 10.0. The molecule has 0 saturated carbocycles. The molecule has 1 aromatic carbocycles. The van der Waals surface area contributed by atoms with E-state index in [2.05, 4.69) is 6.92 Å². The van der Waals surface area contributed by atoms with E-state index in [9.17, 15) is 8.42 Å². The summed E-state index contributed by atoms with van der Waals surface area (Å²) in [4.78, 5) is 0.290. The highest BCUT2D eigenvalue weighted by molar-refractivity contribution is 7.88. The van der Waals surface area contributed by atoms with Crippen LogP contribution in [-0.4, -0.2) is 30.8 Å². The second-order valence-corrected chi connectivity index (χ2v) is 8.16. The number of hydrogen-bond donors (Lipinski definition) is 1. The highest BCUT2D eigenvalue weighted by Gasteiger charge is 2.25. The third-order valence-corrected chi connectivity index (χ3v) is 6.02. The van der Waals surface area contributed by atoms with Gasteiger partial charge in [0, 0.05) is 18.7 Å².